The van der Waals surface area contributed by atoms with Gasteiger partial charge >= 0.3 is 0 Å². The Labute approximate surface area is 311 Å². The predicted octanol–water partition coefficient (Wildman–Crippen LogP) is 13.6. The highest BCUT2D eigenvalue weighted by Gasteiger charge is 2.26. The minimum atomic E-state index is 0.844. The lowest BCUT2D eigenvalue weighted by Crippen LogP contribution is -2.06. The number of para-hydroxylation sites is 3. The summed E-state index contributed by atoms with van der Waals surface area (Å²) in [5.41, 5.74) is 14.3. The fourth-order valence-corrected chi connectivity index (χ4v) is 9.29. The SMILES string of the molecule is C1=C(/n2c3cc4ccccc4cc3c3cc4c5ccccc5n5c6ccccc6c(c32)c45)c2ccccc2/N=C(/c2ccc(-c3ccccc3)cc2)CC/1. The van der Waals surface area contributed by atoms with Crippen LogP contribution < -0.4 is 0 Å². The van der Waals surface area contributed by atoms with Crippen LogP contribution >= 0.6 is 0 Å². The van der Waals surface area contributed by atoms with E-state index in [2.05, 4.69) is 185 Å². The molecule has 0 spiro atoms. The number of aromatic nitrogens is 2. The first-order valence-electron chi connectivity index (χ1n) is 18.9. The summed E-state index contributed by atoms with van der Waals surface area (Å²) in [6, 6.07) is 62.1. The Bertz CT molecular complexity index is 3360. The molecule has 8 aromatic carbocycles. The fraction of sp³-hybridized carbons (Fsp3) is 0.0392. The van der Waals surface area contributed by atoms with Crippen LogP contribution in [0.15, 0.2) is 181 Å². The van der Waals surface area contributed by atoms with Gasteiger partial charge < -0.3 is 8.97 Å². The zero-order chi connectivity index (χ0) is 35.3. The zero-order valence-electron chi connectivity index (χ0n) is 29.5. The summed E-state index contributed by atoms with van der Waals surface area (Å²) >= 11 is 0. The lowest BCUT2D eigenvalue weighted by molar-refractivity contribution is 1.06. The van der Waals surface area contributed by atoms with Gasteiger partial charge in [0, 0.05) is 43.6 Å². The van der Waals surface area contributed by atoms with E-state index < -0.39 is 0 Å². The van der Waals surface area contributed by atoms with E-state index >= 15 is 0 Å². The summed E-state index contributed by atoms with van der Waals surface area (Å²) in [5, 5.41) is 10.2. The standard InChI is InChI=1S/C51H33N3/c1-2-13-32(14-3-1)33-25-27-34(28-26-33)43-21-12-24-46(38-18-6-9-20-44(38)52-43)54-48-30-36-16-5-4-15-35(36)29-40(48)42-31-41-37-17-7-10-22-45(37)53-47-23-11-8-19-39(47)49(50(41)53)51(42)54/h1-11,13-20,22-31H,12,21H2/b46-24+,52-43+. The van der Waals surface area contributed by atoms with Crippen molar-refractivity contribution in [2.24, 2.45) is 4.99 Å². The van der Waals surface area contributed by atoms with Gasteiger partial charge in [0.25, 0.3) is 0 Å². The van der Waals surface area contributed by atoms with E-state index in [4.69, 9.17) is 4.99 Å². The van der Waals surface area contributed by atoms with Crippen LogP contribution in [0.25, 0.3) is 87.5 Å². The largest absolute Gasteiger partial charge is 0.308 e. The molecule has 3 aromatic heterocycles. The number of benzene rings is 8. The average Bonchev–Trinajstić information content (AvgIpc) is 3.85. The first-order valence-corrected chi connectivity index (χ1v) is 18.9. The van der Waals surface area contributed by atoms with Crippen LogP contribution in [0, 0.1) is 0 Å². The van der Waals surface area contributed by atoms with Crippen molar-refractivity contribution in [2.45, 2.75) is 12.8 Å². The molecule has 252 valence electrons. The topological polar surface area (TPSA) is 21.7 Å². The second-order valence-electron chi connectivity index (χ2n) is 14.6. The molecule has 0 aliphatic carbocycles. The maximum Gasteiger partial charge on any atom is 0.0726 e. The van der Waals surface area contributed by atoms with E-state index in [0.717, 1.165) is 29.8 Å². The summed E-state index contributed by atoms with van der Waals surface area (Å²) in [6.45, 7) is 0. The molecular formula is C51H33N3. The summed E-state index contributed by atoms with van der Waals surface area (Å²) in [7, 11) is 0. The lowest BCUT2D eigenvalue weighted by atomic mass is 9.98. The molecular weight excluding hydrogens is 655 g/mol. The van der Waals surface area contributed by atoms with Gasteiger partial charge in [-0.2, -0.15) is 0 Å². The fourth-order valence-electron chi connectivity index (χ4n) is 9.29. The van der Waals surface area contributed by atoms with Gasteiger partial charge in [-0.1, -0.05) is 140 Å². The molecule has 0 radical (unpaired) electrons. The van der Waals surface area contributed by atoms with Crippen molar-refractivity contribution < 1.29 is 0 Å². The normalized spacial score (nSPS) is 15.6. The molecule has 0 atom stereocenters. The van der Waals surface area contributed by atoms with Crippen molar-refractivity contribution in [2.75, 3.05) is 0 Å². The van der Waals surface area contributed by atoms with Crippen LogP contribution in [-0.2, 0) is 0 Å². The van der Waals surface area contributed by atoms with Gasteiger partial charge in [0.15, 0.2) is 0 Å². The smallest absolute Gasteiger partial charge is 0.0726 e. The highest BCUT2D eigenvalue weighted by molar-refractivity contribution is 6.35. The second kappa shape index (κ2) is 11.3. The van der Waals surface area contributed by atoms with Gasteiger partial charge in [0.2, 0.25) is 0 Å². The molecule has 1 aliphatic heterocycles. The van der Waals surface area contributed by atoms with E-state index in [9.17, 15) is 0 Å². The van der Waals surface area contributed by atoms with Crippen LogP contribution in [0.3, 0.4) is 0 Å². The van der Waals surface area contributed by atoms with E-state index in [1.165, 1.54) is 93.1 Å². The molecule has 0 N–H and O–H groups in total. The molecule has 3 heteroatoms. The van der Waals surface area contributed by atoms with Crippen LogP contribution in [0.2, 0.25) is 0 Å². The Morgan fingerprint density at radius 2 is 1.07 bits per heavy atom. The molecule has 0 saturated heterocycles. The molecule has 12 rings (SSSR count). The van der Waals surface area contributed by atoms with E-state index in [-0.39, 0.29) is 0 Å². The predicted molar refractivity (Wildman–Crippen MR) is 229 cm³/mol. The third-order valence-electron chi connectivity index (χ3n) is 11.7. The Kier molecular flexibility index (Phi) is 6.17. The molecule has 0 bridgehead atoms. The summed E-state index contributed by atoms with van der Waals surface area (Å²) in [6.07, 6.45) is 4.18. The van der Waals surface area contributed by atoms with Crippen LogP contribution in [0.4, 0.5) is 5.69 Å². The summed E-state index contributed by atoms with van der Waals surface area (Å²) in [4.78, 5) is 5.47. The third kappa shape index (κ3) is 4.15. The Balaban J connectivity index is 1.15. The van der Waals surface area contributed by atoms with Crippen molar-refractivity contribution in [3.63, 3.8) is 0 Å². The number of aliphatic imine (C=N–C) groups is 1. The number of nitrogens with zero attached hydrogens (tertiary/aromatic N) is 3. The maximum absolute atomic E-state index is 5.47. The van der Waals surface area contributed by atoms with Crippen LogP contribution in [0.1, 0.15) is 24.0 Å². The van der Waals surface area contributed by atoms with Gasteiger partial charge in [-0.3, -0.25) is 4.99 Å². The number of allylic oxidation sites excluding steroid dienone is 1. The molecule has 1 aliphatic rings. The number of rotatable bonds is 3. The Morgan fingerprint density at radius 3 is 1.91 bits per heavy atom. The van der Waals surface area contributed by atoms with Gasteiger partial charge in [-0.05, 0) is 76.7 Å². The first kappa shape index (κ1) is 29.6. The molecule has 11 aromatic rings. The van der Waals surface area contributed by atoms with Crippen molar-refractivity contribution in [3.8, 4) is 11.1 Å². The number of fused-ring (bicyclic) bond motifs is 12. The van der Waals surface area contributed by atoms with Crippen LogP contribution in [0.5, 0.6) is 0 Å². The van der Waals surface area contributed by atoms with E-state index in [1.807, 2.05) is 0 Å². The van der Waals surface area contributed by atoms with Crippen molar-refractivity contribution in [1.29, 1.82) is 0 Å². The molecule has 54 heavy (non-hydrogen) atoms. The molecule has 0 amide bonds. The van der Waals surface area contributed by atoms with Crippen molar-refractivity contribution in [3.05, 3.63) is 187 Å². The highest BCUT2D eigenvalue weighted by atomic mass is 15.0. The average molecular weight is 688 g/mol. The van der Waals surface area contributed by atoms with Crippen LogP contribution in [-0.4, -0.2) is 14.7 Å². The quantitative estimate of drug-likeness (QED) is 0.176. The van der Waals surface area contributed by atoms with Crippen molar-refractivity contribution >= 4 is 87.8 Å². The molecule has 3 nitrogen and oxygen atoms in total. The number of hydrogen-bond acceptors (Lipinski definition) is 1. The molecule has 0 fully saturated rings. The summed E-state index contributed by atoms with van der Waals surface area (Å²) in [5.74, 6) is 0. The van der Waals surface area contributed by atoms with Gasteiger partial charge in [0.05, 0.1) is 39.0 Å². The molecule has 0 saturated carbocycles. The van der Waals surface area contributed by atoms with Crippen molar-refractivity contribution in [1.82, 2.24) is 8.97 Å². The Morgan fingerprint density at radius 1 is 0.444 bits per heavy atom. The second-order valence-corrected chi connectivity index (χ2v) is 14.6. The lowest BCUT2D eigenvalue weighted by Gasteiger charge is -2.19. The monoisotopic (exact) mass is 687 g/mol. The molecule has 0 unspecified atom stereocenters. The minimum absolute atomic E-state index is 0.844. The highest BCUT2D eigenvalue weighted by Crippen LogP contribution is 2.48. The first-order chi connectivity index (χ1) is 26.8. The third-order valence-corrected chi connectivity index (χ3v) is 11.7. The van der Waals surface area contributed by atoms with Gasteiger partial charge in [-0.25, -0.2) is 0 Å². The van der Waals surface area contributed by atoms with Gasteiger partial charge in [0.1, 0.15) is 0 Å². The van der Waals surface area contributed by atoms with E-state index in [0.29, 0.717) is 0 Å². The molecule has 4 heterocycles. The zero-order valence-corrected chi connectivity index (χ0v) is 29.5. The van der Waals surface area contributed by atoms with Gasteiger partial charge in [-0.15, -0.1) is 0 Å². The maximum atomic E-state index is 5.47. The Hall–Kier alpha value is -6.97. The number of hydrogen-bond donors (Lipinski definition) is 0. The summed E-state index contributed by atoms with van der Waals surface area (Å²) < 4.78 is 5.07. The van der Waals surface area contributed by atoms with E-state index in [1.54, 1.807) is 0 Å². The minimum Gasteiger partial charge on any atom is -0.308 e.